The van der Waals surface area contributed by atoms with Crippen LogP contribution in [0.15, 0.2) is 76.1 Å². The van der Waals surface area contributed by atoms with Gasteiger partial charge in [0, 0.05) is 22.1 Å². The maximum atomic E-state index is 14.0. The van der Waals surface area contributed by atoms with Crippen LogP contribution in [-0.2, 0) is 26.2 Å². The normalized spacial score (nSPS) is 12.9. The van der Waals surface area contributed by atoms with Gasteiger partial charge in [-0.15, -0.1) is 0 Å². The molecule has 7 nitrogen and oxygen atoms in total. The minimum Gasteiger partial charge on any atom is -0.352 e. The van der Waals surface area contributed by atoms with Crippen molar-refractivity contribution in [2.45, 2.75) is 57.6 Å². The van der Waals surface area contributed by atoms with Gasteiger partial charge in [0.15, 0.2) is 0 Å². The van der Waals surface area contributed by atoms with E-state index in [0.717, 1.165) is 19.9 Å². The fourth-order valence-corrected chi connectivity index (χ4v) is 6.22. The topological polar surface area (TPSA) is 86.8 Å². The third-order valence-corrected chi connectivity index (χ3v) is 9.30. The Morgan fingerprint density at radius 2 is 1.68 bits per heavy atom. The van der Waals surface area contributed by atoms with E-state index in [1.165, 1.54) is 35.2 Å². The van der Waals surface area contributed by atoms with Crippen LogP contribution in [0.4, 0.5) is 5.69 Å². The molecule has 214 valence electrons. The molecule has 1 N–H and O–H groups in total. The average Bonchev–Trinajstić information content (AvgIpc) is 2.91. The fourth-order valence-electron chi connectivity index (χ4n) is 3.91. The summed E-state index contributed by atoms with van der Waals surface area (Å²) < 4.78 is 29.6. The third kappa shape index (κ3) is 8.00. The molecule has 40 heavy (non-hydrogen) atoms. The van der Waals surface area contributed by atoms with E-state index in [1.54, 1.807) is 19.1 Å². The van der Waals surface area contributed by atoms with Gasteiger partial charge in [-0.3, -0.25) is 13.9 Å². The lowest BCUT2D eigenvalue weighted by Crippen LogP contribution is -2.52. The molecule has 0 aliphatic heterocycles. The first-order chi connectivity index (χ1) is 18.8. The maximum absolute atomic E-state index is 14.0. The van der Waals surface area contributed by atoms with Crippen LogP contribution in [0.5, 0.6) is 0 Å². The quantitative estimate of drug-likeness (QED) is 0.250. The van der Waals surface area contributed by atoms with Gasteiger partial charge >= 0.3 is 0 Å². The molecule has 0 aliphatic rings. The van der Waals surface area contributed by atoms with Gasteiger partial charge in [-0.1, -0.05) is 75.9 Å². The Kier molecular flexibility index (Phi) is 11.1. The average molecular weight is 669 g/mol. The highest BCUT2D eigenvalue weighted by atomic mass is 79.9. The van der Waals surface area contributed by atoms with Crippen molar-refractivity contribution in [1.29, 1.82) is 0 Å². The van der Waals surface area contributed by atoms with Crippen LogP contribution in [0.2, 0.25) is 10.0 Å². The van der Waals surface area contributed by atoms with Crippen molar-refractivity contribution >= 4 is 66.7 Å². The smallest absolute Gasteiger partial charge is 0.264 e. The predicted molar refractivity (Wildman–Crippen MR) is 164 cm³/mol. The second-order valence-electron chi connectivity index (χ2n) is 9.57. The van der Waals surface area contributed by atoms with Crippen LogP contribution in [0.25, 0.3) is 0 Å². The van der Waals surface area contributed by atoms with Crippen molar-refractivity contribution in [3.05, 3.63) is 92.4 Å². The number of carbonyl (C=O) groups is 2. The first kappa shape index (κ1) is 31.9. The summed E-state index contributed by atoms with van der Waals surface area (Å²) in [5.41, 5.74) is 1.70. The Morgan fingerprint density at radius 1 is 1.00 bits per heavy atom. The molecule has 0 aliphatic carbocycles. The summed E-state index contributed by atoms with van der Waals surface area (Å²) in [6.45, 7) is 6.76. The van der Waals surface area contributed by atoms with E-state index in [4.69, 9.17) is 23.2 Å². The second-order valence-corrected chi connectivity index (χ2v) is 13.2. The van der Waals surface area contributed by atoms with Gasteiger partial charge in [-0.2, -0.15) is 0 Å². The molecule has 0 aromatic heterocycles. The number of amides is 2. The minimum absolute atomic E-state index is 0.0111. The van der Waals surface area contributed by atoms with Crippen molar-refractivity contribution in [1.82, 2.24) is 10.2 Å². The number of benzene rings is 3. The highest BCUT2D eigenvalue weighted by Crippen LogP contribution is 2.33. The minimum atomic E-state index is -4.25. The summed E-state index contributed by atoms with van der Waals surface area (Å²) in [6.07, 6.45) is 0.716. The van der Waals surface area contributed by atoms with Gasteiger partial charge in [0.1, 0.15) is 12.6 Å². The zero-order chi connectivity index (χ0) is 29.6. The number of hydrogen-bond donors (Lipinski definition) is 1. The number of carbonyl (C=O) groups excluding carboxylic acids is 2. The monoisotopic (exact) mass is 667 g/mol. The molecule has 0 unspecified atom stereocenters. The van der Waals surface area contributed by atoms with Crippen LogP contribution < -0.4 is 9.62 Å². The van der Waals surface area contributed by atoms with E-state index < -0.39 is 28.5 Å². The van der Waals surface area contributed by atoms with Crippen LogP contribution in [0.1, 0.15) is 38.3 Å². The molecule has 0 saturated heterocycles. The highest BCUT2D eigenvalue weighted by Gasteiger charge is 2.33. The van der Waals surface area contributed by atoms with E-state index in [2.05, 4.69) is 21.2 Å². The lowest BCUT2D eigenvalue weighted by atomic mass is 10.1. The molecule has 2 atom stereocenters. The summed E-state index contributed by atoms with van der Waals surface area (Å²) in [5.74, 6) is -0.926. The molecule has 0 bridgehead atoms. The molecule has 0 radical (unpaired) electrons. The molecule has 3 aromatic rings. The summed E-state index contributed by atoms with van der Waals surface area (Å²) >= 11 is 16.1. The molecule has 0 fully saturated rings. The number of hydrogen-bond acceptors (Lipinski definition) is 4. The molecule has 0 saturated carbocycles. The van der Waals surface area contributed by atoms with Gasteiger partial charge in [-0.25, -0.2) is 8.42 Å². The van der Waals surface area contributed by atoms with Crippen molar-refractivity contribution in [2.75, 3.05) is 10.8 Å². The lowest BCUT2D eigenvalue weighted by molar-refractivity contribution is -0.139. The van der Waals surface area contributed by atoms with Crippen LogP contribution >= 0.6 is 39.1 Å². The van der Waals surface area contributed by atoms with Gasteiger partial charge in [0.25, 0.3) is 10.0 Å². The largest absolute Gasteiger partial charge is 0.352 e. The van der Waals surface area contributed by atoms with E-state index in [1.807, 2.05) is 45.0 Å². The Morgan fingerprint density at radius 3 is 2.30 bits per heavy atom. The second kappa shape index (κ2) is 13.9. The van der Waals surface area contributed by atoms with Crippen LogP contribution in [0.3, 0.4) is 0 Å². The lowest BCUT2D eigenvalue weighted by Gasteiger charge is -2.32. The number of anilines is 1. The van der Waals surface area contributed by atoms with E-state index >= 15 is 0 Å². The first-order valence-electron chi connectivity index (χ1n) is 12.7. The number of nitrogens with zero attached hydrogens (tertiary/aromatic N) is 2. The number of rotatable bonds is 11. The summed E-state index contributed by atoms with van der Waals surface area (Å²) in [4.78, 5) is 28.5. The molecule has 0 spiro atoms. The number of sulfonamides is 1. The van der Waals surface area contributed by atoms with Crippen LogP contribution in [-0.4, -0.2) is 43.8 Å². The van der Waals surface area contributed by atoms with Crippen molar-refractivity contribution in [2.24, 2.45) is 0 Å². The van der Waals surface area contributed by atoms with E-state index in [0.29, 0.717) is 6.42 Å². The molecule has 11 heteroatoms. The summed E-state index contributed by atoms with van der Waals surface area (Å²) in [5, 5.41) is 3.27. The Bertz CT molecular complexity index is 1470. The molecular formula is C29H32BrCl2N3O4S. The van der Waals surface area contributed by atoms with E-state index in [-0.39, 0.29) is 39.1 Å². The molecular weight excluding hydrogens is 637 g/mol. The SMILES string of the molecule is CC[C@@H](C)NC(=O)[C@H](C)N(Cc1cccc(Br)c1)C(=O)CN(c1cc(Cl)ccc1Cl)S(=O)(=O)c1ccc(C)cc1. The maximum Gasteiger partial charge on any atom is 0.264 e. The standard InChI is InChI=1S/C29H32BrCl2N3O4S/c1-5-20(3)33-29(37)21(4)34(17-22-7-6-8-23(30)15-22)28(36)18-35(27-16-24(31)11-14-26(27)32)40(38,39)25-12-9-19(2)10-13-25/h6-16,20-21H,5,17-18H2,1-4H3,(H,33,37)/t20-,21+/m1/s1. The molecule has 2 amide bonds. The Labute approximate surface area is 254 Å². The van der Waals surface area contributed by atoms with Crippen molar-refractivity contribution in [3.8, 4) is 0 Å². The third-order valence-electron chi connectivity index (χ3n) is 6.47. The van der Waals surface area contributed by atoms with Gasteiger partial charge in [0.2, 0.25) is 11.8 Å². The number of nitrogens with one attached hydrogen (secondary N) is 1. The zero-order valence-corrected chi connectivity index (χ0v) is 26.6. The molecule has 0 heterocycles. The highest BCUT2D eigenvalue weighted by molar-refractivity contribution is 9.10. The molecule has 3 rings (SSSR count). The summed E-state index contributed by atoms with van der Waals surface area (Å²) in [6, 6.07) is 17.1. The summed E-state index contributed by atoms with van der Waals surface area (Å²) in [7, 11) is -4.25. The predicted octanol–water partition coefficient (Wildman–Crippen LogP) is 6.59. The Balaban J connectivity index is 2.07. The van der Waals surface area contributed by atoms with Crippen molar-refractivity contribution < 1.29 is 18.0 Å². The van der Waals surface area contributed by atoms with Crippen LogP contribution in [0, 0.1) is 6.92 Å². The van der Waals surface area contributed by atoms with Gasteiger partial charge in [-0.05, 0) is 75.2 Å². The van der Waals surface area contributed by atoms with Crippen molar-refractivity contribution in [3.63, 3.8) is 0 Å². The fraction of sp³-hybridized carbons (Fsp3) is 0.310. The number of halogens is 3. The van der Waals surface area contributed by atoms with Gasteiger partial charge in [0.05, 0.1) is 15.6 Å². The first-order valence-corrected chi connectivity index (χ1v) is 15.7. The zero-order valence-electron chi connectivity index (χ0n) is 22.7. The number of aryl methyl sites for hydroxylation is 1. The Hall–Kier alpha value is -2.59. The van der Waals surface area contributed by atoms with Gasteiger partial charge < -0.3 is 10.2 Å². The molecule has 3 aromatic carbocycles. The van der Waals surface area contributed by atoms with E-state index in [9.17, 15) is 18.0 Å².